The summed E-state index contributed by atoms with van der Waals surface area (Å²) in [5, 5.41) is 7.54. The second-order valence-electron chi connectivity index (χ2n) is 3.88. The van der Waals surface area contributed by atoms with Gasteiger partial charge < -0.3 is 5.32 Å². The van der Waals surface area contributed by atoms with Gasteiger partial charge in [0, 0.05) is 37.6 Å². The fraction of sp³-hybridized carbons (Fsp3) is 0.333. The molecule has 0 saturated heterocycles. The summed E-state index contributed by atoms with van der Waals surface area (Å²) in [5.74, 6) is 0. The van der Waals surface area contributed by atoms with E-state index in [-0.39, 0.29) is 6.04 Å². The van der Waals surface area contributed by atoms with Gasteiger partial charge >= 0.3 is 0 Å². The van der Waals surface area contributed by atoms with E-state index in [0.29, 0.717) is 0 Å². The first-order valence-electron chi connectivity index (χ1n) is 5.37. The van der Waals surface area contributed by atoms with Crippen LogP contribution in [0.3, 0.4) is 0 Å². The summed E-state index contributed by atoms with van der Waals surface area (Å²) >= 11 is 0. The lowest BCUT2D eigenvalue weighted by molar-refractivity contribution is 0.561. The van der Waals surface area contributed by atoms with Crippen molar-refractivity contribution in [2.75, 3.05) is 0 Å². The van der Waals surface area contributed by atoms with Crippen LogP contribution in [0.25, 0.3) is 0 Å². The molecule has 4 heteroatoms. The lowest BCUT2D eigenvalue weighted by Crippen LogP contribution is -2.18. The second-order valence-corrected chi connectivity index (χ2v) is 3.88. The highest BCUT2D eigenvalue weighted by Gasteiger charge is 2.05. The van der Waals surface area contributed by atoms with Gasteiger partial charge in [0.15, 0.2) is 0 Å². The molecule has 0 aliphatic rings. The average Bonchev–Trinajstić information content (AvgIpc) is 2.73. The number of aryl methyl sites for hydroxylation is 1. The van der Waals surface area contributed by atoms with Crippen LogP contribution in [0.1, 0.15) is 24.2 Å². The molecule has 0 aliphatic carbocycles. The number of nitrogens with zero attached hydrogens (tertiary/aromatic N) is 3. The summed E-state index contributed by atoms with van der Waals surface area (Å²) in [5.41, 5.74) is 2.25. The number of hydrogen-bond donors (Lipinski definition) is 1. The van der Waals surface area contributed by atoms with Gasteiger partial charge in [-0.25, -0.2) is 0 Å². The Morgan fingerprint density at radius 2 is 2.31 bits per heavy atom. The van der Waals surface area contributed by atoms with Crippen LogP contribution in [0.2, 0.25) is 0 Å². The highest BCUT2D eigenvalue weighted by atomic mass is 15.2. The molecule has 2 heterocycles. The number of nitrogens with one attached hydrogen (secondary N) is 1. The Morgan fingerprint density at radius 1 is 1.44 bits per heavy atom. The Hall–Kier alpha value is -1.68. The van der Waals surface area contributed by atoms with Gasteiger partial charge in [-0.1, -0.05) is 6.07 Å². The minimum absolute atomic E-state index is 0.251. The van der Waals surface area contributed by atoms with Crippen molar-refractivity contribution in [3.05, 3.63) is 48.0 Å². The van der Waals surface area contributed by atoms with Crippen LogP contribution >= 0.6 is 0 Å². The third-order valence-corrected chi connectivity index (χ3v) is 2.50. The van der Waals surface area contributed by atoms with E-state index in [1.165, 1.54) is 5.56 Å². The molecule has 84 valence electrons. The molecule has 1 N–H and O–H groups in total. The smallest absolute Gasteiger partial charge is 0.0570 e. The lowest BCUT2D eigenvalue weighted by atomic mass is 10.2. The molecule has 0 spiro atoms. The van der Waals surface area contributed by atoms with Gasteiger partial charge in [0.1, 0.15) is 0 Å². The van der Waals surface area contributed by atoms with Crippen molar-refractivity contribution in [3.8, 4) is 0 Å². The fourth-order valence-corrected chi connectivity index (χ4v) is 1.57. The molecule has 0 bridgehead atoms. The highest BCUT2D eigenvalue weighted by Crippen LogP contribution is 2.08. The maximum Gasteiger partial charge on any atom is 0.0570 e. The van der Waals surface area contributed by atoms with Crippen molar-refractivity contribution in [3.63, 3.8) is 0 Å². The Balaban J connectivity index is 1.91. The monoisotopic (exact) mass is 216 g/mol. The van der Waals surface area contributed by atoms with Gasteiger partial charge in [-0.2, -0.15) is 5.10 Å². The van der Waals surface area contributed by atoms with Crippen molar-refractivity contribution in [1.29, 1.82) is 0 Å². The van der Waals surface area contributed by atoms with Gasteiger partial charge in [0.25, 0.3) is 0 Å². The van der Waals surface area contributed by atoms with Crippen molar-refractivity contribution >= 4 is 0 Å². The van der Waals surface area contributed by atoms with Crippen molar-refractivity contribution in [2.45, 2.75) is 19.5 Å². The van der Waals surface area contributed by atoms with Crippen LogP contribution in [0.5, 0.6) is 0 Å². The molecule has 4 nitrogen and oxygen atoms in total. The van der Waals surface area contributed by atoms with Crippen LogP contribution in [-0.2, 0) is 13.6 Å². The number of pyridine rings is 1. The average molecular weight is 216 g/mol. The first-order valence-corrected chi connectivity index (χ1v) is 5.37. The minimum atomic E-state index is 0.251. The van der Waals surface area contributed by atoms with Crippen molar-refractivity contribution < 1.29 is 0 Å². The molecular weight excluding hydrogens is 200 g/mol. The summed E-state index contributed by atoms with van der Waals surface area (Å²) in [7, 11) is 1.92. The predicted molar refractivity (Wildman–Crippen MR) is 62.7 cm³/mol. The third kappa shape index (κ3) is 2.67. The van der Waals surface area contributed by atoms with Crippen LogP contribution in [0, 0.1) is 0 Å². The zero-order valence-corrected chi connectivity index (χ0v) is 9.59. The summed E-state index contributed by atoms with van der Waals surface area (Å²) in [6.07, 6.45) is 5.70. The molecule has 0 amide bonds. The molecule has 0 aliphatic heterocycles. The summed E-state index contributed by atoms with van der Waals surface area (Å²) < 4.78 is 1.81. The molecule has 2 rings (SSSR count). The molecule has 0 aromatic carbocycles. The normalized spacial score (nSPS) is 12.6. The molecule has 0 fully saturated rings. The Labute approximate surface area is 95.3 Å². The van der Waals surface area contributed by atoms with E-state index < -0.39 is 0 Å². The second kappa shape index (κ2) is 4.90. The third-order valence-electron chi connectivity index (χ3n) is 2.50. The highest BCUT2D eigenvalue weighted by molar-refractivity contribution is 5.09. The van der Waals surface area contributed by atoms with Gasteiger partial charge in [0.05, 0.1) is 11.9 Å². The Morgan fingerprint density at radius 3 is 2.94 bits per heavy atom. The topological polar surface area (TPSA) is 42.7 Å². The summed E-state index contributed by atoms with van der Waals surface area (Å²) in [6, 6.07) is 6.21. The fourth-order valence-electron chi connectivity index (χ4n) is 1.57. The Bertz CT molecular complexity index is 435. The maximum absolute atomic E-state index is 4.31. The number of rotatable bonds is 4. The summed E-state index contributed by atoms with van der Waals surface area (Å²) in [6.45, 7) is 2.92. The standard InChI is InChI=1S/C12H16N4/c1-10(12-5-3-4-6-13-12)14-7-11-8-15-16(2)9-11/h3-6,8-10,14H,7H2,1-2H3/t10-/m0/s1. The van der Waals surface area contributed by atoms with E-state index >= 15 is 0 Å². The van der Waals surface area contributed by atoms with Crippen LogP contribution in [0.15, 0.2) is 36.8 Å². The molecule has 0 saturated carbocycles. The van der Waals surface area contributed by atoms with Gasteiger partial charge in [-0.05, 0) is 19.1 Å². The zero-order chi connectivity index (χ0) is 11.4. The largest absolute Gasteiger partial charge is 0.305 e. The first kappa shape index (κ1) is 10.8. The Kier molecular flexibility index (Phi) is 3.31. The van der Waals surface area contributed by atoms with E-state index in [4.69, 9.17) is 0 Å². The van der Waals surface area contributed by atoms with E-state index in [1.54, 1.807) is 0 Å². The van der Waals surface area contributed by atoms with Crippen LogP contribution in [0.4, 0.5) is 0 Å². The molecule has 1 atom stereocenters. The van der Waals surface area contributed by atoms with E-state index in [0.717, 1.165) is 12.2 Å². The summed E-state index contributed by atoms with van der Waals surface area (Å²) in [4.78, 5) is 4.31. The quantitative estimate of drug-likeness (QED) is 0.845. The maximum atomic E-state index is 4.31. The van der Waals surface area contributed by atoms with Crippen LogP contribution in [-0.4, -0.2) is 14.8 Å². The lowest BCUT2D eigenvalue weighted by Gasteiger charge is -2.11. The SMILES string of the molecule is C[C@H](NCc1cnn(C)c1)c1ccccn1. The van der Waals surface area contributed by atoms with Gasteiger partial charge in [0.2, 0.25) is 0 Å². The molecule has 0 unspecified atom stereocenters. The molecule has 2 aromatic rings. The first-order chi connectivity index (χ1) is 7.75. The van der Waals surface area contributed by atoms with Gasteiger partial charge in [-0.3, -0.25) is 9.67 Å². The van der Waals surface area contributed by atoms with Gasteiger partial charge in [-0.15, -0.1) is 0 Å². The number of hydrogen-bond acceptors (Lipinski definition) is 3. The van der Waals surface area contributed by atoms with Crippen molar-refractivity contribution in [1.82, 2.24) is 20.1 Å². The van der Waals surface area contributed by atoms with Crippen LogP contribution < -0.4 is 5.32 Å². The predicted octanol–water partition coefficient (Wildman–Crippen LogP) is 1.67. The van der Waals surface area contributed by atoms with Crippen molar-refractivity contribution in [2.24, 2.45) is 7.05 Å². The molecule has 16 heavy (non-hydrogen) atoms. The molecule has 2 aromatic heterocycles. The minimum Gasteiger partial charge on any atom is -0.305 e. The van der Waals surface area contributed by atoms with E-state index in [9.17, 15) is 0 Å². The van der Waals surface area contributed by atoms with E-state index in [2.05, 4.69) is 22.3 Å². The van der Waals surface area contributed by atoms with E-state index in [1.807, 2.05) is 48.5 Å². The zero-order valence-electron chi connectivity index (χ0n) is 9.59. The number of aromatic nitrogens is 3. The molecule has 0 radical (unpaired) electrons. The molecular formula is C12H16N4.